The minimum Gasteiger partial charge on any atom is -0.355 e. The van der Waals surface area contributed by atoms with Crippen LogP contribution in [-0.2, 0) is 0 Å². The van der Waals surface area contributed by atoms with E-state index in [1.165, 1.54) is 31.5 Å². The molecule has 0 radical (unpaired) electrons. The minimum atomic E-state index is -0.562. The van der Waals surface area contributed by atoms with Gasteiger partial charge in [-0.25, -0.2) is 4.98 Å². The summed E-state index contributed by atoms with van der Waals surface area (Å²) in [7, 11) is 1.41. The predicted molar refractivity (Wildman–Crippen MR) is 80.3 cm³/mol. The number of nitro groups is 1. The molecule has 2 N–H and O–H groups in total. The van der Waals surface area contributed by atoms with E-state index < -0.39 is 16.4 Å². The SMILES string of the molecule is CNC(=O)c1cnc(/C=C\c2cccc([N+](=O)[O-])c2)[nH]c1=O. The van der Waals surface area contributed by atoms with Crippen LogP contribution in [0.4, 0.5) is 5.69 Å². The fraction of sp³-hybridized carbons (Fsp3) is 0.0714. The second-order valence-electron chi connectivity index (χ2n) is 4.28. The summed E-state index contributed by atoms with van der Waals surface area (Å²) >= 11 is 0. The number of non-ortho nitro benzene ring substituents is 1. The van der Waals surface area contributed by atoms with Crippen molar-refractivity contribution in [3.8, 4) is 0 Å². The Hall–Kier alpha value is -3.29. The first-order valence-corrected chi connectivity index (χ1v) is 6.25. The zero-order chi connectivity index (χ0) is 16.1. The van der Waals surface area contributed by atoms with Gasteiger partial charge in [-0.2, -0.15) is 0 Å². The summed E-state index contributed by atoms with van der Waals surface area (Å²) in [5.41, 5.74) is -0.0890. The zero-order valence-corrected chi connectivity index (χ0v) is 11.6. The molecule has 112 valence electrons. The van der Waals surface area contributed by atoms with Crippen LogP contribution in [0.5, 0.6) is 0 Å². The Kier molecular flexibility index (Phi) is 4.42. The van der Waals surface area contributed by atoms with Gasteiger partial charge in [0.2, 0.25) is 0 Å². The summed E-state index contributed by atoms with van der Waals surface area (Å²) in [4.78, 5) is 39.7. The number of rotatable bonds is 4. The van der Waals surface area contributed by atoms with Gasteiger partial charge in [0.25, 0.3) is 17.2 Å². The lowest BCUT2D eigenvalue weighted by atomic mass is 10.2. The number of nitro benzene ring substituents is 1. The molecular weight excluding hydrogens is 288 g/mol. The fourth-order valence-corrected chi connectivity index (χ4v) is 1.71. The van der Waals surface area contributed by atoms with E-state index in [0.29, 0.717) is 5.56 Å². The third kappa shape index (κ3) is 3.42. The second-order valence-corrected chi connectivity index (χ2v) is 4.28. The lowest BCUT2D eigenvalue weighted by Gasteiger charge is -1.99. The number of hydrogen-bond donors (Lipinski definition) is 2. The molecule has 2 aromatic rings. The number of nitrogens with one attached hydrogen (secondary N) is 2. The van der Waals surface area contributed by atoms with Crippen LogP contribution in [-0.4, -0.2) is 27.8 Å². The van der Waals surface area contributed by atoms with Crippen molar-refractivity contribution in [3.63, 3.8) is 0 Å². The molecule has 8 heteroatoms. The predicted octanol–water partition coefficient (Wildman–Crippen LogP) is 1.21. The maximum absolute atomic E-state index is 11.7. The highest BCUT2D eigenvalue weighted by atomic mass is 16.6. The molecule has 0 aliphatic rings. The third-order valence-corrected chi connectivity index (χ3v) is 2.81. The maximum Gasteiger partial charge on any atom is 0.270 e. The van der Waals surface area contributed by atoms with Crippen LogP contribution in [0, 0.1) is 10.1 Å². The van der Waals surface area contributed by atoms with Crippen molar-refractivity contribution in [3.05, 3.63) is 67.9 Å². The van der Waals surface area contributed by atoms with Gasteiger partial charge in [0.05, 0.1) is 4.92 Å². The van der Waals surface area contributed by atoms with E-state index in [1.54, 1.807) is 18.2 Å². The molecule has 0 bridgehead atoms. The van der Waals surface area contributed by atoms with Crippen LogP contribution < -0.4 is 10.9 Å². The summed E-state index contributed by atoms with van der Waals surface area (Å²) in [5.74, 6) is -0.285. The van der Waals surface area contributed by atoms with Crippen molar-refractivity contribution in [1.82, 2.24) is 15.3 Å². The Labute approximate surface area is 124 Å². The van der Waals surface area contributed by atoms with Gasteiger partial charge in [0.1, 0.15) is 11.4 Å². The Bertz CT molecular complexity index is 810. The van der Waals surface area contributed by atoms with Crippen molar-refractivity contribution < 1.29 is 9.72 Å². The van der Waals surface area contributed by atoms with Crippen molar-refractivity contribution >= 4 is 23.7 Å². The lowest BCUT2D eigenvalue weighted by molar-refractivity contribution is -0.384. The van der Waals surface area contributed by atoms with Crippen LogP contribution in [0.3, 0.4) is 0 Å². The van der Waals surface area contributed by atoms with E-state index in [-0.39, 0.29) is 17.1 Å². The quantitative estimate of drug-likeness (QED) is 0.650. The third-order valence-electron chi connectivity index (χ3n) is 2.81. The number of hydrogen-bond acceptors (Lipinski definition) is 5. The van der Waals surface area contributed by atoms with Gasteiger partial charge >= 0.3 is 0 Å². The number of H-pyrrole nitrogens is 1. The smallest absolute Gasteiger partial charge is 0.270 e. The van der Waals surface area contributed by atoms with Crippen LogP contribution in [0.2, 0.25) is 0 Å². The van der Waals surface area contributed by atoms with E-state index in [1.807, 2.05) is 0 Å². The molecule has 0 fully saturated rings. The number of nitrogens with zero attached hydrogens (tertiary/aromatic N) is 2. The van der Waals surface area contributed by atoms with Gasteiger partial charge in [0.15, 0.2) is 0 Å². The molecule has 0 aliphatic heterocycles. The minimum absolute atomic E-state index is 0.0291. The number of amides is 1. The largest absolute Gasteiger partial charge is 0.355 e. The number of carbonyl (C=O) groups is 1. The van der Waals surface area contributed by atoms with E-state index in [4.69, 9.17) is 0 Å². The normalized spacial score (nSPS) is 10.6. The van der Waals surface area contributed by atoms with Crippen molar-refractivity contribution in [1.29, 1.82) is 0 Å². The fourth-order valence-electron chi connectivity index (χ4n) is 1.71. The monoisotopic (exact) mass is 300 g/mol. The summed E-state index contributed by atoms with van der Waals surface area (Å²) in [6.45, 7) is 0. The molecular formula is C14H12N4O4. The first-order chi connectivity index (χ1) is 10.5. The molecule has 0 atom stereocenters. The Morgan fingerprint density at radius 3 is 2.82 bits per heavy atom. The van der Waals surface area contributed by atoms with Crippen molar-refractivity contribution in [2.45, 2.75) is 0 Å². The van der Waals surface area contributed by atoms with E-state index in [9.17, 15) is 19.7 Å². The summed E-state index contributed by atoms with van der Waals surface area (Å²) in [5, 5.41) is 13.0. The highest BCUT2D eigenvalue weighted by Crippen LogP contribution is 2.14. The average Bonchev–Trinajstić information content (AvgIpc) is 2.52. The Balaban J connectivity index is 2.25. The summed E-state index contributed by atoms with van der Waals surface area (Å²) < 4.78 is 0. The van der Waals surface area contributed by atoms with Crippen molar-refractivity contribution in [2.24, 2.45) is 0 Å². The van der Waals surface area contributed by atoms with Gasteiger partial charge in [-0.15, -0.1) is 0 Å². The highest BCUT2D eigenvalue weighted by molar-refractivity contribution is 5.93. The van der Waals surface area contributed by atoms with Crippen LogP contribution in [0.25, 0.3) is 12.2 Å². The molecule has 1 heterocycles. The maximum atomic E-state index is 11.7. The molecule has 1 aromatic heterocycles. The van der Waals surface area contributed by atoms with Gasteiger partial charge in [-0.1, -0.05) is 18.2 Å². The van der Waals surface area contributed by atoms with Gasteiger partial charge in [-0.3, -0.25) is 19.7 Å². The standard InChI is InChI=1S/C14H12N4O4/c1-15-13(19)11-8-16-12(17-14(11)20)6-5-9-3-2-4-10(7-9)18(21)22/h2-8H,1H3,(H,15,19)(H,16,17,20)/b6-5-. The van der Waals surface area contributed by atoms with Crippen LogP contribution >= 0.6 is 0 Å². The van der Waals surface area contributed by atoms with E-state index >= 15 is 0 Å². The number of aromatic nitrogens is 2. The Morgan fingerprint density at radius 2 is 2.18 bits per heavy atom. The molecule has 8 nitrogen and oxygen atoms in total. The van der Waals surface area contributed by atoms with Crippen LogP contribution in [0.1, 0.15) is 21.7 Å². The number of benzene rings is 1. The Morgan fingerprint density at radius 1 is 1.41 bits per heavy atom. The zero-order valence-electron chi connectivity index (χ0n) is 11.6. The average molecular weight is 300 g/mol. The molecule has 0 saturated heterocycles. The first-order valence-electron chi connectivity index (χ1n) is 6.25. The van der Waals surface area contributed by atoms with Gasteiger partial charge in [-0.05, 0) is 11.6 Å². The first kappa shape index (κ1) is 15.1. The van der Waals surface area contributed by atoms with Gasteiger partial charge < -0.3 is 10.3 Å². The molecule has 22 heavy (non-hydrogen) atoms. The topological polar surface area (TPSA) is 118 Å². The lowest BCUT2D eigenvalue weighted by Crippen LogP contribution is -2.27. The molecule has 1 aromatic carbocycles. The van der Waals surface area contributed by atoms with E-state index in [2.05, 4.69) is 15.3 Å². The molecule has 2 rings (SSSR count). The molecule has 0 unspecified atom stereocenters. The summed E-state index contributed by atoms with van der Waals surface area (Å²) in [6.07, 6.45) is 4.24. The van der Waals surface area contributed by atoms with Crippen molar-refractivity contribution in [2.75, 3.05) is 7.05 Å². The number of aromatic amines is 1. The molecule has 0 saturated carbocycles. The molecule has 1 amide bonds. The van der Waals surface area contributed by atoms with Crippen LogP contribution in [0.15, 0.2) is 35.3 Å². The molecule has 0 spiro atoms. The van der Waals surface area contributed by atoms with Gasteiger partial charge in [0, 0.05) is 25.4 Å². The second kappa shape index (κ2) is 6.44. The number of carbonyl (C=O) groups excluding carboxylic acids is 1. The highest BCUT2D eigenvalue weighted by Gasteiger charge is 2.09. The molecule has 0 aliphatic carbocycles. The summed E-state index contributed by atoms with van der Waals surface area (Å²) in [6, 6.07) is 6.02. The van der Waals surface area contributed by atoms with E-state index in [0.717, 1.165) is 0 Å².